The second-order valence-corrected chi connectivity index (χ2v) is 5.81. The van der Waals surface area contributed by atoms with Crippen molar-refractivity contribution in [3.8, 4) is 0 Å². The number of carbonyl (C=O) groups excluding carboxylic acids is 1. The first-order chi connectivity index (χ1) is 11.7. The quantitative estimate of drug-likeness (QED) is 0.586. The molecule has 0 spiro atoms. The number of hydrogen-bond donors (Lipinski definition) is 2. The van der Waals surface area contributed by atoms with Crippen molar-refractivity contribution >= 4 is 24.0 Å². The van der Waals surface area contributed by atoms with Gasteiger partial charge >= 0.3 is 6.18 Å². The molecule has 26 heavy (non-hydrogen) atoms. The summed E-state index contributed by atoms with van der Waals surface area (Å²) < 4.78 is 39.9. The number of amides is 1. The van der Waals surface area contributed by atoms with Crippen LogP contribution in [0.2, 0.25) is 0 Å². The van der Waals surface area contributed by atoms with Crippen LogP contribution in [0.3, 0.4) is 0 Å². The van der Waals surface area contributed by atoms with Gasteiger partial charge in [-0.25, -0.2) is 0 Å². The van der Waals surface area contributed by atoms with E-state index in [1.54, 1.807) is 0 Å². The largest absolute Gasteiger partial charge is 0.405 e. The Bertz CT molecular complexity index is 652. The Labute approximate surface area is 154 Å². The van der Waals surface area contributed by atoms with Crippen LogP contribution in [0.5, 0.6) is 0 Å². The minimum Gasteiger partial charge on any atom is -0.350 e. The predicted molar refractivity (Wildman–Crippen MR) is 91.7 cm³/mol. The number of aryl methyl sites for hydroxylation is 1. The second kappa shape index (κ2) is 9.15. The zero-order chi connectivity index (χ0) is 18.6. The summed E-state index contributed by atoms with van der Waals surface area (Å²) in [6.45, 7) is 2.34. The van der Waals surface area contributed by atoms with Crippen LogP contribution >= 0.6 is 12.4 Å². The molecule has 1 fully saturated rings. The number of nitrogens with one attached hydrogen (secondary N) is 2. The smallest absolute Gasteiger partial charge is 0.350 e. The molecule has 0 saturated carbocycles. The average Bonchev–Trinajstić information content (AvgIpc) is 2.54. The Morgan fingerprint density at radius 1 is 1.38 bits per heavy atom. The summed E-state index contributed by atoms with van der Waals surface area (Å²) in [7, 11) is 0. The number of benzene rings is 1. The fraction of sp³-hybridized carbons (Fsp3) is 0.533. The third-order valence-electron chi connectivity index (χ3n) is 4.09. The summed E-state index contributed by atoms with van der Waals surface area (Å²) in [5.41, 5.74) is 0.271. The first kappa shape index (κ1) is 22.1. The SMILES string of the molecule is Cc1cc([N+](=O)[O-])ccc1C(=O)NCC(N1CCNCC1)C(F)(F)F.Cl. The van der Waals surface area contributed by atoms with E-state index < -0.39 is 29.6 Å². The zero-order valence-corrected chi connectivity index (χ0v) is 14.8. The van der Waals surface area contributed by atoms with Crippen LogP contribution in [-0.4, -0.2) is 60.7 Å². The van der Waals surface area contributed by atoms with Crippen LogP contribution in [0.1, 0.15) is 15.9 Å². The van der Waals surface area contributed by atoms with Gasteiger partial charge in [0.25, 0.3) is 11.6 Å². The molecule has 11 heteroatoms. The minimum atomic E-state index is -4.46. The van der Waals surface area contributed by atoms with E-state index >= 15 is 0 Å². The van der Waals surface area contributed by atoms with Crippen molar-refractivity contribution in [1.29, 1.82) is 0 Å². The van der Waals surface area contributed by atoms with Crippen LogP contribution < -0.4 is 10.6 Å². The highest BCUT2D eigenvalue weighted by Crippen LogP contribution is 2.25. The van der Waals surface area contributed by atoms with E-state index in [9.17, 15) is 28.1 Å². The molecule has 2 rings (SSSR count). The van der Waals surface area contributed by atoms with Gasteiger partial charge in [-0.3, -0.25) is 19.8 Å². The van der Waals surface area contributed by atoms with E-state index in [0.717, 1.165) is 6.07 Å². The number of carbonyl (C=O) groups is 1. The van der Waals surface area contributed by atoms with Crippen LogP contribution in [0.4, 0.5) is 18.9 Å². The molecule has 1 atom stereocenters. The molecule has 1 aliphatic heterocycles. The molecule has 1 aliphatic rings. The molecule has 0 radical (unpaired) electrons. The highest BCUT2D eigenvalue weighted by Gasteiger charge is 2.43. The summed E-state index contributed by atoms with van der Waals surface area (Å²) in [4.78, 5) is 23.6. The summed E-state index contributed by atoms with van der Waals surface area (Å²) >= 11 is 0. The Hall–Kier alpha value is -1.91. The maximum absolute atomic E-state index is 13.3. The van der Waals surface area contributed by atoms with Crippen molar-refractivity contribution in [2.75, 3.05) is 32.7 Å². The first-order valence-corrected chi connectivity index (χ1v) is 7.75. The highest BCUT2D eigenvalue weighted by atomic mass is 35.5. The molecule has 7 nitrogen and oxygen atoms in total. The Morgan fingerprint density at radius 3 is 2.50 bits per heavy atom. The van der Waals surface area contributed by atoms with E-state index in [1.807, 2.05) is 0 Å². The van der Waals surface area contributed by atoms with Gasteiger partial charge in [0.05, 0.1) is 4.92 Å². The van der Waals surface area contributed by atoms with Gasteiger partial charge in [-0.15, -0.1) is 12.4 Å². The maximum Gasteiger partial charge on any atom is 0.405 e. The first-order valence-electron chi connectivity index (χ1n) is 7.75. The van der Waals surface area contributed by atoms with E-state index in [4.69, 9.17) is 0 Å². The molecule has 1 unspecified atom stereocenters. The monoisotopic (exact) mass is 396 g/mol. The van der Waals surface area contributed by atoms with Gasteiger partial charge in [0, 0.05) is 50.4 Å². The topological polar surface area (TPSA) is 87.5 Å². The summed E-state index contributed by atoms with van der Waals surface area (Å²) in [6, 6.07) is 1.85. The van der Waals surface area contributed by atoms with Crippen molar-refractivity contribution in [3.63, 3.8) is 0 Å². The molecular formula is C15H20ClF3N4O3. The summed E-state index contributed by atoms with van der Waals surface area (Å²) in [5, 5.41) is 16.0. The number of alkyl halides is 3. The molecule has 1 aromatic rings. The Kier molecular flexibility index (Phi) is 7.79. The summed E-state index contributed by atoms with van der Waals surface area (Å²) in [5.74, 6) is -0.684. The lowest BCUT2D eigenvalue weighted by atomic mass is 10.1. The normalized spacial score (nSPS) is 16.5. The van der Waals surface area contributed by atoms with E-state index in [1.165, 1.54) is 24.0 Å². The number of non-ortho nitro benzene ring substituents is 1. The van der Waals surface area contributed by atoms with Crippen LogP contribution in [0.25, 0.3) is 0 Å². The van der Waals surface area contributed by atoms with Gasteiger partial charge in [-0.05, 0) is 18.6 Å². The van der Waals surface area contributed by atoms with Gasteiger partial charge in [0.1, 0.15) is 6.04 Å². The molecular weight excluding hydrogens is 377 g/mol. The molecule has 2 N–H and O–H groups in total. The number of nitrogens with zero attached hydrogens (tertiary/aromatic N) is 2. The van der Waals surface area contributed by atoms with Crippen molar-refractivity contribution in [1.82, 2.24) is 15.5 Å². The molecule has 0 aromatic heterocycles. The summed E-state index contributed by atoms with van der Waals surface area (Å²) in [6.07, 6.45) is -4.46. The molecule has 1 heterocycles. The van der Waals surface area contributed by atoms with E-state index in [2.05, 4.69) is 10.6 Å². The van der Waals surface area contributed by atoms with E-state index in [-0.39, 0.29) is 36.7 Å². The van der Waals surface area contributed by atoms with Crippen LogP contribution in [0.15, 0.2) is 18.2 Å². The number of nitro benzene ring substituents is 1. The van der Waals surface area contributed by atoms with Crippen LogP contribution in [0, 0.1) is 17.0 Å². The molecule has 1 saturated heterocycles. The minimum absolute atomic E-state index is 0. The number of hydrogen-bond acceptors (Lipinski definition) is 5. The lowest BCUT2D eigenvalue weighted by molar-refractivity contribution is -0.384. The average molecular weight is 397 g/mol. The van der Waals surface area contributed by atoms with Gasteiger partial charge in [0.15, 0.2) is 0 Å². The van der Waals surface area contributed by atoms with Gasteiger partial charge in [0.2, 0.25) is 0 Å². The predicted octanol–water partition coefficient (Wildman–Crippen LogP) is 1.89. The molecule has 1 aromatic carbocycles. The molecule has 0 bridgehead atoms. The zero-order valence-electron chi connectivity index (χ0n) is 14.0. The number of nitro groups is 1. The van der Waals surface area contributed by atoms with E-state index in [0.29, 0.717) is 18.7 Å². The van der Waals surface area contributed by atoms with Crippen molar-refractivity contribution in [2.45, 2.75) is 19.1 Å². The molecule has 0 aliphatic carbocycles. The number of piperazine rings is 1. The number of rotatable bonds is 5. The molecule has 1 amide bonds. The van der Waals surface area contributed by atoms with Crippen molar-refractivity contribution in [3.05, 3.63) is 39.4 Å². The van der Waals surface area contributed by atoms with Gasteiger partial charge in [-0.2, -0.15) is 13.2 Å². The fourth-order valence-electron chi connectivity index (χ4n) is 2.75. The lowest BCUT2D eigenvalue weighted by Gasteiger charge is -2.35. The Balaban J connectivity index is 0.00000338. The van der Waals surface area contributed by atoms with Gasteiger partial charge < -0.3 is 10.6 Å². The third kappa shape index (κ3) is 5.55. The van der Waals surface area contributed by atoms with Crippen LogP contribution in [-0.2, 0) is 0 Å². The Morgan fingerprint density at radius 2 is 2.00 bits per heavy atom. The lowest BCUT2D eigenvalue weighted by Crippen LogP contribution is -2.57. The van der Waals surface area contributed by atoms with Crippen molar-refractivity contribution < 1.29 is 22.9 Å². The third-order valence-corrected chi connectivity index (χ3v) is 4.09. The molecule has 146 valence electrons. The standard InChI is InChI=1S/C15H19F3N4O3.ClH/c1-10-8-11(22(24)25)2-3-12(10)14(23)20-9-13(15(16,17)18)21-6-4-19-5-7-21;/h2-3,8,13,19H,4-7,9H2,1H3,(H,20,23);1H. The number of halogens is 4. The van der Waals surface area contributed by atoms with Gasteiger partial charge in [-0.1, -0.05) is 0 Å². The fourth-order valence-corrected chi connectivity index (χ4v) is 2.75. The van der Waals surface area contributed by atoms with Crippen molar-refractivity contribution in [2.24, 2.45) is 0 Å². The highest BCUT2D eigenvalue weighted by molar-refractivity contribution is 5.95. The maximum atomic E-state index is 13.3. The second-order valence-electron chi connectivity index (χ2n) is 5.81.